The Morgan fingerprint density at radius 1 is 1.29 bits per heavy atom. The van der Waals surface area contributed by atoms with Crippen molar-refractivity contribution in [3.8, 4) is 18.1 Å². The summed E-state index contributed by atoms with van der Waals surface area (Å²) in [6, 6.07) is 8.06. The Morgan fingerprint density at radius 2 is 2.14 bits per heavy atom. The molecule has 0 aliphatic heterocycles. The van der Waals surface area contributed by atoms with E-state index in [0.29, 0.717) is 6.73 Å². The number of hydrogen-bond acceptors (Lipinski definition) is 3. The Bertz CT molecular complexity index is 843. The predicted octanol–water partition coefficient (Wildman–Crippen LogP) is 3.11. The summed E-state index contributed by atoms with van der Waals surface area (Å²) in [5, 5.41) is 2.31. The SMILES string of the molecule is C#CCOCn1c2cc(OC)ccc2c2ccnc(C)c21. The van der Waals surface area contributed by atoms with E-state index in [0.717, 1.165) is 33.2 Å². The van der Waals surface area contributed by atoms with Gasteiger partial charge < -0.3 is 14.0 Å². The minimum Gasteiger partial charge on any atom is -0.497 e. The smallest absolute Gasteiger partial charge is 0.124 e. The average Bonchev–Trinajstić information content (AvgIpc) is 2.82. The van der Waals surface area contributed by atoms with Crippen LogP contribution in [0, 0.1) is 19.3 Å². The third kappa shape index (κ3) is 2.22. The molecule has 0 atom stereocenters. The molecule has 0 N–H and O–H groups in total. The zero-order valence-electron chi connectivity index (χ0n) is 12.1. The lowest BCUT2D eigenvalue weighted by Crippen LogP contribution is -2.03. The van der Waals surface area contributed by atoms with Crippen LogP contribution in [0.25, 0.3) is 21.8 Å². The first-order valence-electron chi connectivity index (χ1n) is 6.69. The normalized spacial score (nSPS) is 10.9. The second-order valence-corrected chi connectivity index (χ2v) is 4.79. The van der Waals surface area contributed by atoms with E-state index in [2.05, 4.69) is 21.5 Å². The quantitative estimate of drug-likeness (QED) is 0.544. The second kappa shape index (κ2) is 5.47. The Balaban J connectivity index is 2.29. The van der Waals surface area contributed by atoms with Gasteiger partial charge in [-0.3, -0.25) is 4.98 Å². The van der Waals surface area contributed by atoms with Crippen LogP contribution in [0.4, 0.5) is 0 Å². The summed E-state index contributed by atoms with van der Waals surface area (Å²) in [4.78, 5) is 4.39. The van der Waals surface area contributed by atoms with Gasteiger partial charge >= 0.3 is 0 Å². The number of nitrogens with zero attached hydrogens (tertiary/aromatic N) is 2. The molecule has 0 amide bonds. The van der Waals surface area contributed by atoms with Crippen LogP contribution in [0.5, 0.6) is 5.75 Å². The molecule has 0 bridgehead atoms. The molecule has 3 aromatic rings. The van der Waals surface area contributed by atoms with Crippen LogP contribution in [-0.4, -0.2) is 23.3 Å². The van der Waals surface area contributed by atoms with Gasteiger partial charge in [0.2, 0.25) is 0 Å². The molecule has 0 unspecified atom stereocenters. The van der Waals surface area contributed by atoms with Crippen LogP contribution in [-0.2, 0) is 11.5 Å². The number of aryl methyl sites for hydroxylation is 1. The second-order valence-electron chi connectivity index (χ2n) is 4.79. The Hall–Kier alpha value is -2.51. The molecule has 0 fully saturated rings. The fraction of sp³-hybridized carbons (Fsp3) is 0.235. The van der Waals surface area contributed by atoms with Crippen LogP contribution in [0.3, 0.4) is 0 Å². The molecular weight excluding hydrogens is 264 g/mol. The largest absolute Gasteiger partial charge is 0.497 e. The average molecular weight is 280 g/mol. The maximum atomic E-state index is 5.53. The number of terminal acetylenes is 1. The molecular formula is C17H16N2O2. The number of ether oxygens (including phenoxy) is 2. The lowest BCUT2D eigenvalue weighted by molar-refractivity contribution is 0.110. The lowest BCUT2D eigenvalue weighted by Gasteiger charge is -2.08. The van der Waals surface area contributed by atoms with Crippen molar-refractivity contribution in [1.29, 1.82) is 0 Å². The molecule has 0 saturated heterocycles. The summed E-state index contributed by atoms with van der Waals surface area (Å²) in [5.74, 6) is 3.30. The van der Waals surface area contributed by atoms with Crippen molar-refractivity contribution in [3.63, 3.8) is 0 Å². The van der Waals surface area contributed by atoms with E-state index in [-0.39, 0.29) is 6.61 Å². The van der Waals surface area contributed by atoms with E-state index >= 15 is 0 Å². The Labute approximate surface area is 123 Å². The fourth-order valence-electron chi connectivity index (χ4n) is 2.66. The van der Waals surface area contributed by atoms with Gasteiger partial charge in [-0.05, 0) is 25.1 Å². The standard InChI is InChI=1S/C17H16N2O2/c1-4-9-21-11-19-16-10-13(20-3)5-6-14(16)15-7-8-18-12(2)17(15)19/h1,5-8,10H,9,11H2,2-3H3. The molecule has 2 aromatic heterocycles. The summed E-state index contributed by atoms with van der Waals surface area (Å²) >= 11 is 0. The molecule has 3 rings (SSSR count). The number of rotatable bonds is 4. The van der Waals surface area contributed by atoms with Crippen LogP contribution < -0.4 is 4.74 Å². The first-order chi connectivity index (χ1) is 10.3. The van der Waals surface area contributed by atoms with Gasteiger partial charge in [-0.2, -0.15) is 0 Å². The van der Waals surface area contributed by atoms with Crippen LogP contribution >= 0.6 is 0 Å². The molecule has 0 saturated carbocycles. The maximum Gasteiger partial charge on any atom is 0.124 e. The number of hydrogen-bond donors (Lipinski definition) is 0. The summed E-state index contributed by atoms with van der Waals surface area (Å²) in [6.45, 7) is 2.67. The van der Waals surface area contributed by atoms with Crippen molar-refractivity contribution in [2.75, 3.05) is 13.7 Å². The molecule has 106 valence electrons. The number of benzene rings is 1. The maximum absolute atomic E-state index is 5.53. The molecule has 2 heterocycles. The topological polar surface area (TPSA) is 36.3 Å². The molecule has 0 aliphatic carbocycles. The van der Waals surface area contributed by atoms with Crippen molar-refractivity contribution in [2.45, 2.75) is 13.7 Å². The monoisotopic (exact) mass is 280 g/mol. The minimum atomic E-state index is 0.282. The zero-order valence-corrected chi connectivity index (χ0v) is 12.1. The predicted molar refractivity (Wildman–Crippen MR) is 83.3 cm³/mol. The number of methoxy groups -OCH3 is 1. The third-order valence-corrected chi connectivity index (χ3v) is 3.57. The summed E-state index contributed by atoms with van der Waals surface area (Å²) in [6.07, 6.45) is 7.08. The van der Waals surface area contributed by atoms with E-state index in [4.69, 9.17) is 15.9 Å². The molecule has 0 aliphatic rings. The van der Waals surface area contributed by atoms with Gasteiger partial charge in [-0.15, -0.1) is 6.42 Å². The van der Waals surface area contributed by atoms with Crippen molar-refractivity contribution in [3.05, 3.63) is 36.2 Å². The molecule has 4 heteroatoms. The number of pyridine rings is 1. The van der Waals surface area contributed by atoms with Crippen molar-refractivity contribution >= 4 is 21.8 Å². The summed E-state index contributed by atoms with van der Waals surface area (Å²) < 4.78 is 12.9. The molecule has 4 nitrogen and oxygen atoms in total. The highest BCUT2D eigenvalue weighted by Gasteiger charge is 2.13. The van der Waals surface area contributed by atoms with Gasteiger partial charge in [0.05, 0.1) is 23.8 Å². The van der Waals surface area contributed by atoms with E-state index in [1.807, 2.05) is 31.3 Å². The molecule has 21 heavy (non-hydrogen) atoms. The number of aromatic nitrogens is 2. The van der Waals surface area contributed by atoms with Gasteiger partial charge in [-0.25, -0.2) is 0 Å². The Morgan fingerprint density at radius 3 is 2.90 bits per heavy atom. The van der Waals surface area contributed by atoms with Gasteiger partial charge in [0.15, 0.2) is 0 Å². The minimum absolute atomic E-state index is 0.282. The highest BCUT2D eigenvalue weighted by atomic mass is 16.5. The molecule has 0 spiro atoms. The highest BCUT2D eigenvalue weighted by molar-refractivity contribution is 6.08. The van der Waals surface area contributed by atoms with E-state index in [1.165, 1.54) is 0 Å². The van der Waals surface area contributed by atoms with Gasteiger partial charge in [0, 0.05) is 23.0 Å². The molecule has 1 aromatic carbocycles. The van der Waals surface area contributed by atoms with Gasteiger partial charge in [-0.1, -0.05) is 5.92 Å². The van der Waals surface area contributed by atoms with Crippen LogP contribution in [0.15, 0.2) is 30.5 Å². The van der Waals surface area contributed by atoms with Crippen molar-refractivity contribution < 1.29 is 9.47 Å². The number of fused-ring (bicyclic) bond motifs is 3. The zero-order chi connectivity index (χ0) is 14.8. The van der Waals surface area contributed by atoms with Gasteiger partial charge in [0.1, 0.15) is 19.1 Å². The van der Waals surface area contributed by atoms with E-state index < -0.39 is 0 Å². The van der Waals surface area contributed by atoms with E-state index in [1.54, 1.807) is 7.11 Å². The fourth-order valence-corrected chi connectivity index (χ4v) is 2.66. The molecule has 0 radical (unpaired) electrons. The highest BCUT2D eigenvalue weighted by Crippen LogP contribution is 2.32. The van der Waals surface area contributed by atoms with Crippen LogP contribution in [0.1, 0.15) is 5.69 Å². The summed E-state index contributed by atoms with van der Waals surface area (Å²) in [5.41, 5.74) is 3.09. The first-order valence-corrected chi connectivity index (χ1v) is 6.69. The lowest BCUT2D eigenvalue weighted by atomic mass is 10.1. The van der Waals surface area contributed by atoms with E-state index in [9.17, 15) is 0 Å². The first kappa shape index (κ1) is 13.5. The van der Waals surface area contributed by atoms with Gasteiger partial charge in [0.25, 0.3) is 0 Å². The third-order valence-electron chi connectivity index (χ3n) is 3.57. The Kier molecular flexibility index (Phi) is 3.51. The van der Waals surface area contributed by atoms with Crippen molar-refractivity contribution in [2.24, 2.45) is 0 Å². The van der Waals surface area contributed by atoms with Crippen molar-refractivity contribution in [1.82, 2.24) is 9.55 Å². The summed E-state index contributed by atoms with van der Waals surface area (Å²) in [7, 11) is 1.66. The van der Waals surface area contributed by atoms with Crippen LogP contribution in [0.2, 0.25) is 0 Å².